The van der Waals surface area contributed by atoms with E-state index in [0.29, 0.717) is 11.8 Å². The number of aliphatic hydroxyl groups is 6. The highest BCUT2D eigenvalue weighted by atomic mass is 16.7. The minimum Gasteiger partial charge on any atom is -0.481 e. The van der Waals surface area contributed by atoms with Gasteiger partial charge in [-0.1, -0.05) is 60.1 Å². The molecule has 0 aromatic heterocycles. The van der Waals surface area contributed by atoms with Crippen LogP contribution in [0.5, 0.6) is 0 Å². The molecular weight excluding hydrogens is 684 g/mol. The number of carboxylic acids is 1. The van der Waals surface area contributed by atoms with Crippen LogP contribution in [0, 0.1) is 50.2 Å². The highest BCUT2D eigenvalue weighted by Gasteiger charge is 2.69. The van der Waals surface area contributed by atoms with Gasteiger partial charge in [0.2, 0.25) is 0 Å². The average Bonchev–Trinajstić information content (AvgIpc) is 3.08. The van der Waals surface area contributed by atoms with Crippen molar-refractivity contribution >= 4 is 5.97 Å². The van der Waals surface area contributed by atoms with E-state index in [2.05, 4.69) is 54.5 Å². The zero-order valence-corrected chi connectivity index (χ0v) is 32.7. The van der Waals surface area contributed by atoms with Crippen LogP contribution in [0.1, 0.15) is 113 Å². The van der Waals surface area contributed by atoms with Crippen molar-refractivity contribution in [3.8, 4) is 0 Å². The Balaban J connectivity index is 1.09. The van der Waals surface area contributed by atoms with Gasteiger partial charge < -0.3 is 54.7 Å². The highest BCUT2D eigenvalue weighted by molar-refractivity contribution is 5.76. The fourth-order valence-electron chi connectivity index (χ4n) is 13.4. The topological polar surface area (TPSA) is 196 Å². The molecule has 0 spiro atoms. The van der Waals surface area contributed by atoms with Gasteiger partial charge >= 0.3 is 5.97 Å². The number of hydrogen-bond donors (Lipinski definition) is 7. The number of allylic oxidation sites excluding steroid dienone is 2. The number of fused-ring (bicyclic) bond motifs is 7. The number of carboxylic acid groups (broad SMARTS) is 1. The van der Waals surface area contributed by atoms with E-state index in [1.54, 1.807) is 0 Å². The molecule has 0 amide bonds. The number of aliphatic hydroxyl groups excluding tert-OH is 6. The van der Waals surface area contributed by atoms with Gasteiger partial charge in [-0.25, -0.2) is 0 Å². The molecule has 0 aromatic rings. The van der Waals surface area contributed by atoms with Crippen LogP contribution in [-0.2, 0) is 23.7 Å². The average molecular weight is 751 g/mol. The molecule has 0 radical (unpaired) electrons. The SMILES string of the molecule is CC1(C)CC[C@]2(C(=O)O)CC[C@]3(C)C(=CC[C@@H]4[C@@]5(C)CC[C@H](O[C@@H]6OC[C@H](O)[C@H](O[C@@H]7O[C@H](CO)[C@@H](O)[C@H](O)[C@H]7O)[C@H]6O)C(C)(C)[C@@H]5CC[C@]43C)[C@@H]2C1. The molecule has 4 saturated carbocycles. The Hall–Kier alpha value is -1.19. The number of rotatable bonds is 6. The molecule has 2 heterocycles. The second kappa shape index (κ2) is 13.5. The summed E-state index contributed by atoms with van der Waals surface area (Å²) in [5.41, 5.74) is 0.523. The summed E-state index contributed by atoms with van der Waals surface area (Å²) < 4.78 is 23.8. The lowest BCUT2D eigenvalue weighted by Gasteiger charge is -2.71. The predicted molar refractivity (Wildman–Crippen MR) is 192 cm³/mol. The Labute approximate surface area is 314 Å². The molecule has 0 bridgehead atoms. The third kappa shape index (κ3) is 5.94. The van der Waals surface area contributed by atoms with Crippen molar-refractivity contribution in [1.29, 1.82) is 0 Å². The van der Waals surface area contributed by atoms with Crippen molar-refractivity contribution in [3.63, 3.8) is 0 Å². The fraction of sp³-hybridized carbons (Fsp3) is 0.927. The van der Waals surface area contributed by atoms with E-state index < -0.39 is 73.3 Å². The molecule has 17 atom stereocenters. The molecule has 12 nitrogen and oxygen atoms in total. The maximum atomic E-state index is 13.0. The molecule has 0 unspecified atom stereocenters. The largest absolute Gasteiger partial charge is 0.481 e. The van der Waals surface area contributed by atoms with Crippen LogP contribution in [0.4, 0.5) is 0 Å². The standard InChI is InChI=1S/C41H66O12/c1-36(2)14-16-41(35(48)49)17-15-39(6)21(22(41)18-36)8-9-26-38(5)12-11-27(37(3,4)25(38)10-13-40(26,39)7)52-33-31(47)32(23(43)20-50-33)53-34-30(46)29(45)28(44)24(19-42)51-34/h8,22-34,42-47H,9-20H2,1-7H3,(H,48,49)/t22-,23-,24+,25-,26+,27-,28+,29-,30+,31+,32-,33-,34-,38-,39+,40+,41-/m0/s1. The first-order valence-corrected chi connectivity index (χ1v) is 20.2. The third-order valence-corrected chi connectivity index (χ3v) is 16.9. The van der Waals surface area contributed by atoms with Crippen molar-refractivity contribution in [1.82, 2.24) is 0 Å². The van der Waals surface area contributed by atoms with E-state index in [1.807, 2.05) is 0 Å². The van der Waals surface area contributed by atoms with Gasteiger partial charge in [0.05, 0.1) is 24.7 Å². The fourth-order valence-corrected chi connectivity index (χ4v) is 13.4. The van der Waals surface area contributed by atoms with E-state index in [9.17, 15) is 40.5 Å². The van der Waals surface area contributed by atoms with Gasteiger partial charge in [0.25, 0.3) is 0 Å². The van der Waals surface area contributed by atoms with Crippen molar-refractivity contribution in [2.24, 2.45) is 50.2 Å². The van der Waals surface area contributed by atoms with Gasteiger partial charge in [-0.05, 0) is 109 Å². The Morgan fingerprint density at radius 2 is 1.51 bits per heavy atom. The number of aliphatic carboxylic acids is 1. The summed E-state index contributed by atoms with van der Waals surface area (Å²) in [6, 6.07) is 0. The maximum Gasteiger partial charge on any atom is 0.310 e. The van der Waals surface area contributed by atoms with Crippen molar-refractivity contribution in [3.05, 3.63) is 11.6 Å². The second-order valence-corrected chi connectivity index (χ2v) is 20.2. The summed E-state index contributed by atoms with van der Waals surface area (Å²) in [5, 5.41) is 73.5. The van der Waals surface area contributed by atoms with Gasteiger partial charge in [-0.3, -0.25) is 4.79 Å². The van der Waals surface area contributed by atoms with E-state index >= 15 is 0 Å². The van der Waals surface area contributed by atoms with Gasteiger partial charge in [0.15, 0.2) is 12.6 Å². The van der Waals surface area contributed by atoms with E-state index in [4.69, 9.17) is 18.9 Å². The van der Waals surface area contributed by atoms with Crippen LogP contribution in [0.25, 0.3) is 0 Å². The lowest BCUT2D eigenvalue weighted by atomic mass is 9.33. The first kappa shape index (κ1) is 40.0. The van der Waals surface area contributed by atoms with Crippen molar-refractivity contribution in [2.75, 3.05) is 13.2 Å². The lowest BCUT2D eigenvalue weighted by Crippen LogP contribution is -2.66. The Morgan fingerprint density at radius 3 is 2.19 bits per heavy atom. The molecule has 53 heavy (non-hydrogen) atoms. The smallest absolute Gasteiger partial charge is 0.310 e. The third-order valence-electron chi connectivity index (χ3n) is 16.9. The number of ether oxygens (including phenoxy) is 4. The number of hydrogen-bond acceptors (Lipinski definition) is 11. The minimum absolute atomic E-state index is 0.00551. The van der Waals surface area contributed by atoms with E-state index in [-0.39, 0.29) is 45.7 Å². The zero-order chi connectivity index (χ0) is 38.7. The van der Waals surface area contributed by atoms with Crippen LogP contribution in [0.2, 0.25) is 0 Å². The molecule has 2 aliphatic heterocycles. The molecule has 12 heteroatoms. The first-order valence-electron chi connectivity index (χ1n) is 20.2. The molecular formula is C41H66O12. The Bertz CT molecular complexity index is 1430. The highest BCUT2D eigenvalue weighted by Crippen LogP contribution is 2.76. The van der Waals surface area contributed by atoms with Gasteiger partial charge in [0, 0.05) is 0 Å². The summed E-state index contributed by atoms with van der Waals surface area (Å²) >= 11 is 0. The zero-order valence-electron chi connectivity index (χ0n) is 32.7. The van der Waals surface area contributed by atoms with Crippen LogP contribution >= 0.6 is 0 Å². The van der Waals surface area contributed by atoms with Gasteiger partial charge in [-0.15, -0.1) is 0 Å². The summed E-state index contributed by atoms with van der Waals surface area (Å²) in [7, 11) is 0. The van der Waals surface area contributed by atoms with Crippen LogP contribution in [-0.4, -0.2) is 116 Å². The van der Waals surface area contributed by atoms with E-state index in [0.717, 1.165) is 64.2 Å². The molecule has 7 N–H and O–H groups in total. The monoisotopic (exact) mass is 750 g/mol. The number of carbonyl (C=O) groups is 1. The maximum absolute atomic E-state index is 13.0. The summed E-state index contributed by atoms with van der Waals surface area (Å²) in [6.07, 6.45) is -1.65. The summed E-state index contributed by atoms with van der Waals surface area (Å²) in [6.45, 7) is 15.7. The molecule has 302 valence electrons. The molecule has 5 aliphatic carbocycles. The summed E-state index contributed by atoms with van der Waals surface area (Å²) in [5.74, 6) is 0.186. The predicted octanol–water partition coefficient (Wildman–Crippen LogP) is 3.52. The van der Waals surface area contributed by atoms with Gasteiger partial charge in [0.1, 0.15) is 42.7 Å². The second-order valence-electron chi connectivity index (χ2n) is 20.2. The van der Waals surface area contributed by atoms with E-state index in [1.165, 1.54) is 5.57 Å². The first-order chi connectivity index (χ1) is 24.7. The van der Waals surface area contributed by atoms with Crippen LogP contribution in [0.15, 0.2) is 11.6 Å². The molecule has 7 aliphatic rings. The van der Waals surface area contributed by atoms with Crippen molar-refractivity contribution in [2.45, 2.75) is 174 Å². The Kier molecular flexibility index (Phi) is 10.2. The Morgan fingerprint density at radius 1 is 0.811 bits per heavy atom. The van der Waals surface area contributed by atoms with Gasteiger partial charge in [-0.2, -0.15) is 0 Å². The molecule has 6 fully saturated rings. The van der Waals surface area contributed by atoms with Crippen molar-refractivity contribution < 1.29 is 59.5 Å². The minimum atomic E-state index is -1.68. The quantitative estimate of drug-likeness (QED) is 0.155. The molecule has 7 rings (SSSR count). The normalized spacial score (nSPS) is 53.3. The summed E-state index contributed by atoms with van der Waals surface area (Å²) in [4.78, 5) is 13.0. The molecule has 2 saturated heterocycles. The van der Waals surface area contributed by atoms with Crippen LogP contribution in [0.3, 0.4) is 0 Å². The lowest BCUT2D eigenvalue weighted by molar-refractivity contribution is -0.357. The molecule has 0 aromatic carbocycles. The van der Waals surface area contributed by atoms with Crippen LogP contribution < -0.4 is 0 Å².